The molecule has 21 heavy (non-hydrogen) atoms. The SMILES string of the molecule is O=C(N[C@@H]1CCCC[C@H]1CO)c1cc(F)cc2[nH]cnc12. The smallest absolute Gasteiger partial charge is 0.253 e. The van der Waals surface area contributed by atoms with Gasteiger partial charge in [0.2, 0.25) is 0 Å². The molecule has 2 aromatic rings. The predicted molar refractivity (Wildman–Crippen MR) is 76.3 cm³/mol. The molecule has 1 aromatic carbocycles. The van der Waals surface area contributed by atoms with Gasteiger partial charge in [0.1, 0.15) is 11.3 Å². The molecule has 5 nitrogen and oxygen atoms in total. The van der Waals surface area contributed by atoms with E-state index >= 15 is 0 Å². The number of imidazole rings is 1. The number of amides is 1. The highest BCUT2D eigenvalue weighted by Gasteiger charge is 2.27. The topological polar surface area (TPSA) is 78.0 Å². The number of aliphatic hydroxyl groups is 1. The number of benzene rings is 1. The monoisotopic (exact) mass is 291 g/mol. The van der Waals surface area contributed by atoms with Crippen molar-refractivity contribution in [1.29, 1.82) is 0 Å². The van der Waals surface area contributed by atoms with Crippen molar-refractivity contribution in [2.45, 2.75) is 31.7 Å². The highest BCUT2D eigenvalue weighted by molar-refractivity contribution is 6.04. The van der Waals surface area contributed by atoms with Gasteiger partial charge in [0.15, 0.2) is 0 Å². The number of aromatic amines is 1. The van der Waals surface area contributed by atoms with Crippen molar-refractivity contribution in [3.8, 4) is 0 Å². The first kappa shape index (κ1) is 14.0. The normalized spacial score (nSPS) is 22.4. The Balaban J connectivity index is 1.85. The Bertz CT molecular complexity index is 655. The van der Waals surface area contributed by atoms with Crippen molar-refractivity contribution in [1.82, 2.24) is 15.3 Å². The Morgan fingerprint density at radius 2 is 2.24 bits per heavy atom. The zero-order chi connectivity index (χ0) is 14.8. The van der Waals surface area contributed by atoms with Crippen LogP contribution in [0.1, 0.15) is 36.0 Å². The molecule has 1 amide bonds. The number of H-pyrrole nitrogens is 1. The van der Waals surface area contributed by atoms with Crippen LogP contribution in [0.2, 0.25) is 0 Å². The fourth-order valence-corrected chi connectivity index (χ4v) is 3.05. The standard InChI is InChI=1S/C15H18FN3O2/c16-10-5-11(14-13(6-10)17-8-18-14)15(21)19-12-4-2-1-3-9(12)7-20/h5-6,8-9,12,20H,1-4,7H2,(H,17,18)(H,19,21)/t9-,12+/m0/s1. The number of rotatable bonds is 3. The molecular formula is C15H18FN3O2. The van der Waals surface area contributed by atoms with Crippen LogP contribution in [0.5, 0.6) is 0 Å². The predicted octanol–water partition coefficient (Wildman–Crippen LogP) is 1.98. The quantitative estimate of drug-likeness (QED) is 0.809. The van der Waals surface area contributed by atoms with E-state index in [0.717, 1.165) is 25.7 Å². The van der Waals surface area contributed by atoms with Gasteiger partial charge in [-0.3, -0.25) is 4.79 Å². The Kier molecular flexibility index (Phi) is 3.88. The highest BCUT2D eigenvalue weighted by Crippen LogP contribution is 2.25. The van der Waals surface area contributed by atoms with Crippen LogP contribution in [0, 0.1) is 11.7 Å². The zero-order valence-corrected chi connectivity index (χ0v) is 11.6. The van der Waals surface area contributed by atoms with Gasteiger partial charge in [-0.15, -0.1) is 0 Å². The number of nitrogens with zero attached hydrogens (tertiary/aromatic N) is 1. The lowest BCUT2D eigenvalue weighted by Gasteiger charge is -2.30. The molecule has 112 valence electrons. The number of fused-ring (bicyclic) bond motifs is 1. The third kappa shape index (κ3) is 2.76. The first-order valence-corrected chi connectivity index (χ1v) is 7.23. The molecule has 0 aliphatic heterocycles. The number of nitrogens with one attached hydrogen (secondary N) is 2. The van der Waals surface area contributed by atoms with Gasteiger partial charge in [0.25, 0.3) is 5.91 Å². The van der Waals surface area contributed by atoms with Crippen LogP contribution < -0.4 is 5.32 Å². The Morgan fingerprint density at radius 1 is 1.43 bits per heavy atom. The second-order valence-electron chi connectivity index (χ2n) is 5.56. The van der Waals surface area contributed by atoms with Crippen LogP contribution in [0.25, 0.3) is 11.0 Å². The lowest BCUT2D eigenvalue weighted by Crippen LogP contribution is -2.43. The van der Waals surface area contributed by atoms with Crippen LogP contribution in [0.4, 0.5) is 4.39 Å². The maximum absolute atomic E-state index is 13.6. The van der Waals surface area contributed by atoms with Crippen LogP contribution in [0.3, 0.4) is 0 Å². The average molecular weight is 291 g/mol. The van der Waals surface area contributed by atoms with Crippen molar-refractivity contribution in [2.75, 3.05) is 6.61 Å². The van der Waals surface area contributed by atoms with E-state index in [1.54, 1.807) is 0 Å². The van der Waals surface area contributed by atoms with Gasteiger partial charge in [-0.1, -0.05) is 12.8 Å². The van der Waals surface area contributed by atoms with E-state index in [9.17, 15) is 14.3 Å². The van der Waals surface area contributed by atoms with E-state index < -0.39 is 5.82 Å². The molecule has 0 radical (unpaired) electrons. The molecule has 3 rings (SSSR count). The number of aromatic nitrogens is 2. The van der Waals surface area contributed by atoms with Gasteiger partial charge in [-0.25, -0.2) is 9.37 Å². The number of carbonyl (C=O) groups is 1. The molecule has 0 spiro atoms. The summed E-state index contributed by atoms with van der Waals surface area (Å²) in [5.74, 6) is -0.734. The third-order valence-electron chi connectivity index (χ3n) is 4.19. The molecule has 1 aliphatic rings. The van der Waals surface area contributed by atoms with Crippen molar-refractivity contribution in [3.63, 3.8) is 0 Å². The summed E-state index contributed by atoms with van der Waals surface area (Å²) in [6, 6.07) is 2.46. The molecule has 0 bridgehead atoms. The summed E-state index contributed by atoms with van der Waals surface area (Å²) in [5, 5.41) is 12.3. The molecule has 2 atom stereocenters. The Hall–Kier alpha value is -1.95. The van der Waals surface area contributed by atoms with Crippen molar-refractivity contribution >= 4 is 16.9 Å². The summed E-state index contributed by atoms with van der Waals surface area (Å²) in [5.41, 5.74) is 1.20. The fraction of sp³-hybridized carbons (Fsp3) is 0.467. The molecule has 6 heteroatoms. The molecule has 1 fully saturated rings. The molecule has 1 aromatic heterocycles. The van der Waals surface area contributed by atoms with Gasteiger partial charge < -0.3 is 15.4 Å². The minimum atomic E-state index is -0.473. The van der Waals surface area contributed by atoms with E-state index in [1.807, 2.05) is 0 Å². The summed E-state index contributed by atoms with van der Waals surface area (Å²) in [6.45, 7) is 0.0614. The molecule has 3 N–H and O–H groups in total. The minimum Gasteiger partial charge on any atom is -0.396 e. The van der Waals surface area contributed by atoms with Crippen LogP contribution >= 0.6 is 0 Å². The van der Waals surface area contributed by atoms with Crippen LogP contribution in [0.15, 0.2) is 18.5 Å². The van der Waals surface area contributed by atoms with E-state index in [2.05, 4.69) is 15.3 Å². The largest absolute Gasteiger partial charge is 0.396 e. The van der Waals surface area contributed by atoms with Gasteiger partial charge in [-0.2, -0.15) is 0 Å². The number of hydrogen-bond donors (Lipinski definition) is 3. The molecule has 1 heterocycles. The van der Waals surface area contributed by atoms with E-state index in [-0.39, 0.29) is 30.0 Å². The van der Waals surface area contributed by atoms with Gasteiger partial charge in [-0.05, 0) is 25.0 Å². The van der Waals surface area contributed by atoms with Crippen molar-refractivity contribution in [2.24, 2.45) is 5.92 Å². The minimum absolute atomic E-state index is 0.0614. The first-order chi connectivity index (χ1) is 10.2. The van der Waals surface area contributed by atoms with Gasteiger partial charge in [0.05, 0.1) is 17.4 Å². The van der Waals surface area contributed by atoms with Crippen molar-refractivity contribution < 1.29 is 14.3 Å². The summed E-state index contributed by atoms with van der Waals surface area (Å²) < 4.78 is 13.6. The summed E-state index contributed by atoms with van der Waals surface area (Å²) in [7, 11) is 0. The Morgan fingerprint density at radius 3 is 3.05 bits per heavy atom. The number of halogens is 1. The third-order valence-corrected chi connectivity index (χ3v) is 4.19. The van der Waals surface area contributed by atoms with Gasteiger partial charge in [0, 0.05) is 18.6 Å². The molecule has 0 saturated heterocycles. The van der Waals surface area contributed by atoms with E-state index in [4.69, 9.17) is 0 Å². The Labute approximate surface area is 121 Å². The molecule has 0 unspecified atom stereocenters. The maximum Gasteiger partial charge on any atom is 0.253 e. The van der Waals surface area contributed by atoms with Crippen LogP contribution in [-0.2, 0) is 0 Å². The average Bonchev–Trinajstić information content (AvgIpc) is 2.94. The first-order valence-electron chi connectivity index (χ1n) is 7.23. The summed E-state index contributed by atoms with van der Waals surface area (Å²) in [4.78, 5) is 19.3. The van der Waals surface area contributed by atoms with E-state index in [0.29, 0.717) is 11.0 Å². The van der Waals surface area contributed by atoms with Crippen molar-refractivity contribution in [3.05, 3.63) is 29.8 Å². The maximum atomic E-state index is 13.6. The van der Waals surface area contributed by atoms with Crippen LogP contribution in [-0.4, -0.2) is 33.6 Å². The summed E-state index contributed by atoms with van der Waals surface area (Å²) >= 11 is 0. The summed E-state index contributed by atoms with van der Waals surface area (Å²) in [6.07, 6.45) is 5.29. The fourth-order valence-electron chi connectivity index (χ4n) is 3.05. The van der Waals surface area contributed by atoms with E-state index in [1.165, 1.54) is 18.5 Å². The lowest BCUT2D eigenvalue weighted by atomic mass is 9.85. The second kappa shape index (κ2) is 5.81. The lowest BCUT2D eigenvalue weighted by molar-refractivity contribution is 0.0873. The number of aliphatic hydroxyl groups excluding tert-OH is 1. The molecule has 1 saturated carbocycles. The molecule has 1 aliphatic carbocycles. The second-order valence-corrected chi connectivity index (χ2v) is 5.56. The number of hydrogen-bond acceptors (Lipinski definition) is 3. The number of carbonyl (C=O) groups excluding carboxylic acids is 1. The zero-order valence-electron chi connectivity index (χ0n) is 11.6. The van der Waals surface area contributed by atoms with Gasteiger partial charge >= 0.3 is 0 Å². The highest BCUT2D eigenvalue weighted by atomic mass is 19.1. The molecular weight excluding hydrogens is 273 g/mol.